The van der Waals surface area contributed by atoms with Gasteiger partial charge in [-0.2, -0.15) is 0 Å². The molecule has 3 heterocycles. The number of β-amino-alcohol motifs (C(OH)–C–C–N with tert-alkyl or cyclic N) is 1. The van der Waals surface area contributed by atoms with Gasteiger partial charge in [0.1, 0.15) is 17.0 Å². The van der Waals surface area contributed by atoms with E-state index in [2.05, 4.69) is 20.3 Å². The molecule has 0 saturated carbocycles. The molecule has 7 nitrogen and oxygen atoms in total. The highest BCUT2D eigenvalue weighted by atomic mass is 32.1. The molecule has 1 aliphatic heterocycles. The molecule has 1 saturated heterocycles. The Hall–Kier alpha value is -2.06. The second-order valence-corrected chi connectivity index (χ2v) is 6.70. The number of amides is 1. The van der Waals surface area contributed by atoms with Crippen molar-refractivity contribution >= 4 is 23.1 Å². The van der Waals surface area contributed by atoms with Crippen molar-refractivity contribution in [3.63, 3.8) is 0 Å². The molecule has 23 heavy (non-hydrogen) atoms. The van der Waals surface area contributed by atoms with Crippen molar-refractivity contribution in [1.29, 1.82) is 0 Å². The summed E-state index contributed by atoms with van der Waals surface area (Å²) in [5, 5.41) is 13.6. The number of anilines is 1. The van der Waals surface area contributed by atoms with Gasteiger partial charge in [0.05, 0.1) is 17.3 Å². The molecule has 1 atom stereocenters. The Balaban J connectivity index is 1.63. The van der Waals surface area contributed by atoms with Gasteiger partial charge in [0.15, 0.2) is 0 Å². The van der Waals surface area contributed by atoms with Gasteiger partial charge in [-0.25, -0.2) is 9.97 Å². The van der Waals surface area contributed by atoms with Crippen LogP contribution < -0.4 is 10.2 Å². The number of aryl methyl sites for hydroxylation is 1. The number of nitrogens with one attached hydrogen (secondary N) is 1. The fourth-order valence-corrected chi connectivity index (χ4v) is 3.26. The van der Waals surface area contributed by atoms with Crippen molar-refractivity contribution in [2.75, 3.05) is 24.5 Å². The number of hydrogen-bond donors (Lipinski definition) is 2. The van der Waals surface area contributed by atoms with Crippen LogP contribution >= 0.6 is 11.3 Å². The van der Waals surface area contributed by atoms with Crippen molar-refractivity contribution in [1.82, 2.24) is 20.3 Å². The summed E-state index contributed by atoms with van der Waals surface area (Å²) < 4.78 is 0. The van der Waals surface area contributed by atoms with Gasteiger partial charge >= 0.3 is 0 Å². The molecule has 8 heteroatoms. The highest BCUT2D eigenvalue weighted by Crippen LogP contribution is 2.24. The molecular weight excluding hydrogens is 314 g/mol. The van der Waals surface area contributed by atoms with Gasteiger partial charge < -0.3 is 15.3 Å². The van der Waals surface area contributed by atoms with Gasteiger partial charge in [-0.3, -0.25) is 9.78 Å². The molecule has 1 fully saturated rings. The summed E-state index contributed by atoms with van der Waals surface area (Å²) in [7, 11) is 0. The fraction of sp³-hybridized carbons (Fsp3) is 0.467. The van der Waals surface area contributed by atoms with E-state index in [0.29, 0.717) is 17.8 Å². The zero-order valence-corrected chi connectivity index (χ0v) is 13.7. The first-order valence-corrected chi connectivity index (χ1v) is 8.36. The number of piperidine rings is 1. The van der Waals surface area contributed by atoms with Crippen LogP contribution in [0.2, 0.25) is 0 Å². The summed E-state index contributed by atoms with van der Waals surface area (Å²) >= 11 is 1.28. The average Bonchev–Trinajstić information content (AvgIpc) is 3.07. The van der Waals surface area contributed by atoms with Gasteiger partial charge in [-0.05, 0) is 19.8 Å². The number of aromatic nitrogens is 3. The Labute approximate surface area is 138 Å². The number of hydrogen-bond acceptors (Lipinski definition) is 7. The van der Waals surface area contributed by atoms with Crippen LogP contribution in [0.3, 0.4) is 0 Å². The molecule has 122 valence electrons. The van der Waals surface area contributed by atoms with Gasteiger partial charge in [0.25, 0.3) is 5.91 Å². The first-order chi connectivity index (χ1) is 11.1. The smallest absolute Gasteiger partial charge is 0.263 e. The summed E-state index contributed by atoms with van der Waals surface area (Å²) in [5.74, 6) is 0.611. The van der Waals surface area contributed by atoms with E-state index in [1.165, 1.54) is 23.9 Å². The lowest BCUT2D eigenvalue weighted by Gasteiger charge is -2.39. The van der Waals surface area contributed by atoms with E-state index < -0.39 is 5.60 Å². The lowest BCUT2D eigenvalue weighted by molar-refractivity contribution is 0.0255. The SMILES string of the molecule is Cc1cc(N2CCC[C@](O)(CNC(=O)c3cncs3)C2)ncn1. The summed E-state index contributed by atoms with van der Waals surface area (Å²) in [6.07, 6.45) is 4.55. The normalized spacial score (nSPS) is 21.2. The fourth-order valence-electron chi connectivity index (χ4n) is 2.73. The Morgan fingerprint density at radius 2 is 2.39 bits per heavy atom. The van der Waals surface area contributed by atoms with Crippen molar-refractivity contribution < 1.29 is 9.90 Å². The van der Waals surface area contributed by atoms with Crippen LogP contribution in [0.4, 0.5) is 5.82 Å². The number of carbonyl (C=O) groups is 1. The first kappa shape index (κ1) is 15.8. The van der Waals surface area contributed by atoms with Crippen molar-refractivity contribution in [3.05, 3.63) is 34.7 Å². The molecule has 0 spiro atoms. The Morgan fingerprint density at radius 3 is 3.13 bits per heavy atom. The minimum Gasteiger partial charge on any atom is -0.386 e. The Kier molecular flexibility index (Phi) is 4.53. The highest BCUT2D eigenvalue weighted by Gasteiger charge is 2.34. The minimum absolute atomic E-state index is 0.198. The van der Waals surface area contributed by atoms with Crippen molar-refractivity contribution in [3.8, 4) is 0 Å². The number of nitrogens with zero attached hydrogens (tertiary/aromatic N) is 4. The lowest BCUT2D eigenvalue weighted by atomic mass is 9.92. The molecule has 3 rings (SSSR count). The third-order valence-electron chi connectivity index (χ3n) is 3.90. The Morgan fingerprint density at radius 1 is 1.52 bits per heavy atom. The molecule has 0 aromatic carbocycles. The summed E-state index contributed by atoms with van der Waals surface area (Å²) in [4.78, 5) is 26.8. The molecule has 2 N–H and O–H groups in total. The second-order valence-electron chi connectivity index (χ2n) is 5.82. The largest absolute Gasteiger partial charge is 0.386 e. The third kappa shape index (κ3) is 3.83. The van der Waals surface area contributed by atoms with Crippen molar-refractivity contribution in [2.24, 2.45) is 0 Å². The standard InChI is InChI=1S/C15H19N5O2S/c1-11-5-13(19-9-18-11)20-4-2-3-15(22,8-20)7-17-14(21)12-6-16-10-23-12/h5-6,9-10,22H,2-4,7-8H2,1H3,(H,17,21)/t15-/m0/s1. The molecule has 0 bridgehead atoms. The molecule has 1 amide bonds. The van der Waals surface area contributed by atoms with Gasteiger partial charge in [-0.15, -0.1) is 11.3 Å². The van der Waals surface area contributed by atoms with Crippen LogP contribution in [-0.4, -0.2) is 51.2 Å². The van der Waals surface area contributed by atoms with Gasteiger partial charge in [-0.1, -0.05) is 0 Å². The number of thiazole rings is 1. The van der Waals surface area contributed by atoms with Gasteiger partial charge in [0.2, 0.25) is 0 Å². The molecule has 2 aromatic rings. The molecular formula is C15H19N5O2S. The van der Waals surface area contributed by atoms with E-state index in [4.69, 9.17) is 0 Å². The van der Waals surface area contributed by atoms with Crippen LogP contribution in [0.15, 0.2) is 24.1 Å². The molecule has 2 aromatic heterocycles. The predicted molar refractivity (Wildman–Crippen MR) is 87.6 cm³/mol. The van der Waals surface area contributed by atoms with Crippen molar-refractivity contribution in [2.45, 2.75) is 25.4 Å². The Bertz CT molecular complexity index is 678. The van der Waals surface area contributed by atoms with E-state index in [1.807, 2.05) is 17.9 Å². The molecule has 1 aliphatic rings. The molecule has 0 aliphatic carbocycles. The summed E-state index contributed by atoms with van der Waals surface area (Å²) in [6.45, 7) is 3.40. The summed E-state index contributed by atoms with van der Waals surface area (Å²) in [6, 6.07) is 1.90. The van der Waals surface area contributed by atoms with Crippen LogP contribution in [0.5, 0.6) is 0 Å². The van der Waals surface area contributed by atoms with Crippen LogP contribution in [-0.2, 0) is 0 Å². The minimum atomic E-state index is -0.961. The molecule has 0 unspecified atom stereocenters. The topological polar surface area (TPSA) is 91.2 Å². The maximum absolute atomic E-state index is 12.0. The van der Waals surface area contributed by atoms with E-state index in [1.54, 1.807) is 5.51 Å². The van der Waals surface area contributed by atoms with Crippen LogP contribution in [0, 0.1) is 6.92 Å². The van der Waals surface area contributed by atoms with E-state index in [9.17, 15) is 9.90 Å². The number of carbonyl (C=O) groups excluding carboxylic acids is 1. The molecule has 0 radical (unpaired) electrons. The zero-order valence-electron chi connectivity index (χ0n) is 12.9. The van der Waals surface area contributed by atoms with Crippen LogP contribution in [0.25, 0.3) is 0 Å². The number of rotatable bonds is 4. The summed E-state index contributed by atoms with van der Waals surface area (Å²) in [5.41, 5.74) is 1.54. The van der Waals surface area contributed by atoms with E-state index >= 15 is 0 Å². The maximum atomic E-state index is 12.0. The van der Waals surface area contributed by atoms with E-state index in [0.717, 1.165) is 24.5 Å². The lowest BCUT2D eigenvalue weighted by Crippen LogP contribution is -2.54. The van der Waals surface area contributed by atoms with Crippen LogP contribution in [0.1, 0.15) is 28.2 Å². The first-order valence-electron chi connectivity index (χ1n) is 7.48. The zero-order chi connectivity index (χ0) is 16.3. The quantitative estimate of drug-likeness (QED) is 0.867. The van der Waals surface area contributed by atoms with Gasteiger partial charge in [0, 0.05) is 31.4 Å². The monoisotopic (exact) mass is 333 g/mol. The average molecular weight is 333 g/mol. The number of aliphatic hydroxyl groups is 1. The maximum Gasteiger partial charge on any atom is 0.263 e. The predicted octanol–water partition coefficient (Wildman–Crippen LogP) is 1.00. The second kappa shape index (κ2) is 6.59. The highest BCUT2D eigenvalue weighted by molar-refractivity contribution is 7.11. The third-order valence-corrected chi connectivity index (χ3v) is 4.67. The van der Waals surface area contributed by atoms with E-state index in [-0.39, 0.29) is 12.5 Å².